The Kier molecular flexibility index (Phi) is 5.97. The Morgan fingerprint density at radius 3 is 2.42 bits per heavy atom. The summed E-state index contributed by atoms with van der Waals surface area (Å²) in [6.07, 6.45) is -2.71. The maximum absolute atomic E-state index is 14.4. The third kappa shape index (κ3) is 4.89. The summed E-state index contributed by atoms with van der Waals surface area (Å²) < 4.78 is 79.7. The molecule has 0 radical (unpaired) electrons. The number of carbonyl (C=O) groups is 1. The summed E-state index contributed by atoms with van der Waals surface area (Å²) in [6, 6.07) is 3.23. The second kappa shape index (κ2) is 8.47. The second-order valence-electron chi connectivity index (χ2n) is 8.04. The van der Waals surface area contributed by atoms with Crippen molar-refractivity contribution in [1.29, 1.82) is 0 Å². The number of urea groups is 1. The topological polar surface area (TPSA) is 99.9 Å². The zero-order valence-electron chi connectivity index (χ0n) is 17.5. The Hall–Kier alpha value is -2.90. The van der Waals surface area contributed by atoms with Crippen LogP contribution in [0.1, 0.15) is 24.3 Å². The van der Waals surface area contributed by atoms with Crippen LogP contribution in [0.5, 0.6) is 0 Å². The maximum atomic E-state index is 14.4. The average Bonchev–Trinajstić information content (AvgIpc) is 3.37. The van der Waals surface area contributed by atoms with Crippen LogP contribution < -0.4 is 4.90 Å². The number of halogens is 4. The number of hydrogen-bond acceptors (Lipinski definition) is 7. The van der Waals surface area contributed by atoms with E-state index in [4.69, 9.17) is 0 Å². The lowest BCUT2D eigenvalue weighted by molar-refractivity contribution is -0.159. The van der Waals surface area contributed by atoms with Crippen LogP contribution in [0.2, 0.25) is 0 Å². The highest BCUT2D eigenvalue weighted by atomic mass is 32.2. The van der Waals surface area contributed by atoms with Crippen molar-refractivity contribution in [2.45, 2.75) is 36.5 Å². The van der Waals surface area contributed by atoms with Crippen molar-refractivity contribution in [2.75, 3.05) is 37.3 Å². The molecule has 2 aliphatic rings. The first kappa shape index (κ1) is 23.3. The fraction of sp³-hybridized carbons (Fsp3) is 0.526. The Labute approximate surface area is 186 Å². The molecule has 0 N–H and O–H groups in total. The summed E-state index contributed by atoms with van der Waals surface area (Å²) in [5.41, 5.74) is 0.213. The standard InChI is InChI=1S/C19H21F4N5O4S/c1-33(30,31)14-3-2-12(15(20)10-14)11-27-8-9-28(18(27)29)13-4-6-26(7-5-13)17-24-16(32-25-17)19(21,22)23/h2-3,10,13H,4-9,11H2,1H3. The van der Waals surface area contributed by atoms with Crippen LogP contribution >= 0.6 is 0 Å². The molecule has 9 nitrogen and oxygen atoms in total. The number of sulfone groups is 1. The van der Waals surface area contributed by atoms with Gasteiger partial charge in [0.15, 0.2) is 9.84 Å². The van der Waals surface area contributed by atoms with Crippen LogP contribution in [-0.4, -0.2) is 72.9 Å². The minimum atomic E-state index is -4.71. The largest absolute Gasteiger partial charge is 0.471 e. The first-order valence-electron chi connectivity index (χ1n) is 10.1. The van der Waals surface area contributed by atoms with E-state index in [1.807, 2.05) is 0 Å². The Bertz CT molecular complexity index is 1150. The van der Waals surface area contributed by atoms with Gasteiger partial charge in [-0.15, -0.1) is 0 Å². The minimum absolute atomic E-state index is 0.00708. The van der Waals surface area contributed by atoms with Gasteiger partial charge in [-0.2, -0.15) is 18.2 Å². The maximum Gasteiger partial charge on any atom is 0.471 e. The van der Waals surface area contributed by atoms with Gasteiger partial charge in [-0.05, 0) is 30.1 Å². The number of benzene rings is 1. The summed E-state index contributed by atoms with van der Waals surface area (Å²) in [5, 5.41) is 3.39. The molecule has 2 fully saturated rings. The third-order valence-corrected chi connectivity index (χ3v) is 6.90. The highest BCUT2D eigenvalue weighted by molar-refractivity contribution is 7.90. The summed E-state index contributed by atoms with van der Waals surface area (Å²) in [7, 11) is -3.54. The fourth-order valence-corrected chi connectivity index (χ4v) is 4.65. The predicted molar refractivity (Wildman–Crippen MR) is 107 cm³/mol. The van der Waals surface area contributed by atoms with E-state index in [2.05, 4.69) is 14.7 Å². The summed E-state index contributed by atoms with van der Waals surface area (Å²) in [6.45, 7) is 1.53. The van der Waals surface area contributed by atoms with Crippen molar-refractivity contribution >= 4 is 21.8 Å². The third-order valence-electron chi connectivity index (χ3n) is 5.79. The van der Waals surface area contributed by atoms with Gasteiger partial charge in [0.2, 0.25) is 0 Å². The van der Waals surface area contributed by atoms with Gasteiger partial charge in [0.25, 0.3) is 5.95 Å². The van der Waals surface area contributed by atoms with Crippen molar-refractivity contribution in [2.24, 2.45) is 0 Å². The number of nitrogens with zero attached hydrogens (tertiary/aromatic N) is 5. The van der Waals surface area contributed by atoms with E-state index < -0.39 is 27.7 Å². The molecule has 2 amide bonds. The number of hydrogen-bond donors (Lipinski definition) is 0. The molecule has 4 rings (SSSR count). The number of amides is 2. The normalized spacial score (nSPS) is 18.5. The van der Waals surface area contributed by atoms with Crippen LogP contribution in [0.15, 0.2) is 27.6 Å². The number of carbonyl (C=O) groups excluding carboxylic acids is 1. The van der Waals surface area contributed by atoms with E-state index in [1.54, 1.807) is 9.80 Å². The van der Waals surface area contributed by atoms with E-state index in [0.717, 1.165) is 12.3 Å². The van der Waals surface area contributed by atoms with Crippen LogP contribution in [-0.2, 0) is 22.6 Å². The molecule has 2 aliphatic heterocycles. The average molecular weight is 491 g/mol. The van der Waals surface area contributed by atoms with Crippen LogP contribution in [0, 0.1) is 5.82 Å². The van der Waals surface area contributed by atoms with Crippen molar-refractivity contribution in [1.82, 2.24) is 19.9 Å². The highest BCUT2D eigenvalue weighted by Gasteiger charge is 2.40. The molecule has 1 aromatic carbocycles. The molecule has 0 bridgehead atoms. The number of anilines is 1. The van der Waals surface area contributed by atoms with Gasteiger partial charge in [0, 0.05) is 44.0 Å². The molecule has 3 heterocycles. The number of piperidine rings is 1. The fourth-order valence-electron chi connectivity index (χ4n) is 4.02. The molecule has 0 spiro atoms. The summed E-state index contributed by atoms with van der Waals surface area (Å²) in [4.78, 5) is 20.9. The van der Waals surface area contributed by atoms with Gasteiger partial charge < -0.3 is 19.2 Å². The molecule has 14 heteroatoms. The van der Waals surface area contributed by atoms with Gasteiger partial charge in [-0.3, -0.25) is 0 Å². The molecule has 2 aromatic rings. The molecular formula is C19H21F4N5O4S. The first-order chi connectivity index (χ1) is 15.4. The van der Waals surface area contributed by atoms with Gasteiger partial charge in [0.1, 0.15) is 5.82 Å². The summed E-state index contributed by atoms with van der Waals surface area (Å²) >= 11 is 0. The van der Waals surface area contributed by atoms with E-state index in [-0.39, 0.29) is 35.0 Å². The van der Waals surface area contributed by atoms with Crippen LogP contribution in [0.4, 0.5) is 28.3 Å². The van der Waals surface area contributed by atoms with Crippen LogP contribution in [0.3, 0.4) is 0 Å². The second-order valence-corrected chi connectivity index (χ2v) is 10.1. The smallest absolute Gasteiger partial charge is 0.338 e. The lowest BCUT2D eigenvalue weighted by Crippen LogP contribution is -2.46. The number of alkyl halides is 3. The number of aromatic nitrogens is 2. The molecule has 0 aliphatic carbocycles. The molecule has 180 valence electrons. The van der Waals surface area contributed by atoms with Crippen LogP contribution in [0.25, 0.3) is 0 Å². The van der Waals surface area contributed by atoms with Crippen molar-refractivity contribution in [3.63, 3.8) is 0 Å². The Morgan fingerprint density at radius 2 is 1.85 bits per heavy atom. The zero-order chi connectivity index (χ0) is 24.0. The van der Waals surface area contributed by atoms with Gasteiger partial charge in [-0.25, -0.2) is 17.6 Å². The van der Waals surface area contributed by atoms with Gasteiger partial charge >= 0.3 is 18.1 Å². The summed E-state index contributed by atoms with van der Waals surface area (Å²) in [5.74, 6) is -2.24. The monoisotopic (exact) mass is 491 g/mol. The minimum Gasteiger partial charge on any atom is -0.338 e. The molecule has 0 saturated carbocycles. The predicted octanol–water partition coefficient (Wildman–Crippen LogP) is 2.54. The lowest BCUT2D eigenvalue weighted by Gasteiger charge is -2.35. The van der Waals surface area contributed by atoms with E-state index in [9.17, 15) is 30.8 Å². The zero-order valence-corrected chi connectivity index (χ0v) is 18.4. The molecule has 1 aromatic heterocycles. The molecule has 0 atom stereocenters. The van der Waals surface area contributed by atoms with Crippen molar-refractivity contribution in [3.05, 3.63) is 35.5 Å². The first-order valence-corrected chi connectivity index (χ1v) is 12.0. The Balaban J connectivity index is 1.35. The van der Waals surface area contributed by atoms with Crippen molar-refractivity contribution in [3.8, 4) is 0 Å². The van der Waals surface area contributed by atoms with E-state index >= 15 is 0 Å². The molecule has 0 unspecified atom stereocenters. The van der Waals surface area contributed by atoms with Gasteiger partial charge in [0.05, 0.1) is 11.4 Å². The SMILES string of the molecule is CS(=O)(=O)c1ccc(CN2CCN(C3CCN(c4noc(C(F)(F)F)n4)CC3)C2=O)c(F)c1. The Morgan fingerprint density at radius 1 is 1.15 bits per heavy atom. The van der Waals surface area contributed by atoms with E-state index in [0.29, 0.717) is 39.0 Å². The van der Waals surface area contributed by atoms with Crippen molar-refractivity contribution < 1.29 is 35.3 Å². The van der Waals surface area contributed by atoms with Gasteiger partial charge in [-0.1, -0.05) is 6.07 Å². The number of rotatable bonds is 5. The lowest BCUT2D eigenvalue weighted by atomic mass is 10.0. The molecule has 33 heavy (non-hydrogen) atoms. The molecular weight excluding hydrogens is 470 g/mol. The quantitative estimate of drug-likeness (QED) is 0.593. The highest BCUT2D eigenvalue weighted by Crippen LogP contribution is 2.30. The molecule has 2 saturated heterocycles. The van der Waals surface area contributed by atoms with E-state index in [1.165, 1.54) is 17.0 Å².